The number of aliphatic hydroxyl groups is 1. The Morgan fingerprint density at radius 3 is 2.47 bits per heavy atom. The quantitative estimate of drug-likeness (QED) is 0.852. The van der Waals surface area contributed by atoms with Crippen molar-refractivity contribution in [1.82, 2.24) is 9.78 Å². The normalized spacial score (nSPS) is 13.8. The monoisotopic (exact) mass is 348 g/mol. The van der Waals surface area contributed by atoms with Gasteiger partial charge in [-0.25, -0.2) is 0 Å². The lowest BCUT2D eigenvalue weighted by Gasteiger charge is -2.20. The molecule has 0 aliphatic carbocycles. The van der Waals surface area contributed by atoms with Crippen molar-refractivity contribution in [3.05, 3.63) is 15.9 Å². The van der Waals surface area contributed by atoms with Gasteiger partial charge in [0.25, 0.3) is 0 Å². The lowest BCUT2D eigenvalue weighted by Crippen LogP contribution is -2.20. The van der Waals surface area contributed by atoms with E-state index in [-0.39, 0.29) is 10.9 Å². The Balaban J connectivity index is 2.73. The molecule has 0 amide bonds. The van der Waals surface area contributed by atoms with Crippen LogP contribution in [-0.2, 0) is 19.4 Å². The number of aliphatic hydroxyl groups excluding tert-OH is 1. The summed E-state index contributed by atoms with van der Waals surface area (Å²) in [5, 5.41) is 14.8. The molecule has 1 aromatic heterocycles. The molecule has 5 heteroatoms. The molecule has 19 heavy (non-hydrogen) atoms. The molecule has 1 heterocycles. The average molecular weight is 349 g/mol. The van der Waals surface area contributed by atoms with Gasteiger partial charge in [-0.1, -0.05) is 27.7 Å². The Morgan fingerprint density at radius 2 is 2.00 bits per heavy atom. The Morgan fingerprint density at radius 1 is 1.37 bits per heavy atom. The van der Waals surface area contributed by atoms with Gasteiger partial charge in [0, 0.05) is 23.5 Å². The molecule has 0 fully saturated rings. The zero-order chi connectivity index (χ0) is 14.6. The summed E-state index contributed by atoms with van der Waals surface area (Å²) >= 11 is 5.42. The lowest BCUT2D eigenvalue weighted by molar-refractivity contribution is 0.196. The van der Waals surface area contributed by atoms with Crippen LogP contribution in [0.5, 0.6) is 0 Å². The van der Waals surface area contributed by atoms with Crippen molar-refractivity contribution in [2.24, 2.45) is 0 Å². The van der Waals surface area contributed by atoms with Gasteiger partial charge >= 0.3 is 0 Å². The maximum atomic E-state index is 10.2. The minimum Gasteiger partial charge on any atom is -0.392 e. The van der Waals surface area contributed by atoms with Crippen molar-refractivity contribution in [1.29, 1.82) is 0 Å². The van der Waals surface area contributed by atoms with Crippen molar-refractivity contribution >= 4 is 27.7 Å². The van der Waals surface area contributed by atoms with Crippen molar-refractivity contribution in [2.45, 2.75) is 64.9 Å². The van der Waals surface area contributed by atoms with Crippen LogP contribution in [0.2, 0.25) is 0 Å². The molecule has 110 valence electrons. The molecule has 3 nitrogen and oxygen atoms in total. The fraction of sp³-hybridized carbons (Fsp3) is 0.786. The zero-order valence-electron chi connectivity index (χ0n) is 12.5. The van der Waals surface area contributed by atoms with Gasteiger partial charge in [0.05, 0.1) is 22.0 Å². The molecule has 0 radical (unpaired) electrons. The number of nitrogens with zero attached hydrogens (tertiary/aromatic N) is 2. The summed E-state index contributed by atoms with van der Waals surface area (Å²) in [5.41, 5.74) is 2.19. The standard InChI is InChI=1S/C14H25BrN2OS/c1-6-11-13(15)12(17(7-2)16-11)8-10(18)9-19-14(3,4)5/h10,18H,6-9H2,1-5H3. The molecular formula is C14H25BrN2OS. The van der Waals surface area contributed by atoms with Crippen LogP contribution >= 0.6 is 27.7 Å². The first-order valence-corrected chi connectivity index (χ1v) is 8.62. The molecule has 0 saturated heterocycles. The summed E-state index contributed by atoms with van der Waals surface area (Å²) in [4.78, 5) is 0. The average Bonchev–Trinajstić information content (AvgIpc) is 2.63. The first-order valence-electron chi connectivity index (χ1n) is 6.84. The number of aryl methyl sites for hydroxylation is 2. The van der Waals surface area contributed by atoms with E-state index < -0.39 is 0 Å². The molecule has 0 bridgehead atoms. The number of hydrogen-bond acceptors (Lipinski definition) is 3. The molecule has 1 atom stereocenters. The summed E-state index contributed by atoms with van der Waals surface area (Å²) in [6, 6.07) is 0. The van der Waals surface area contributed by atoms with Gasteiger partial charge < -0.3 is 5.11 Å². The van der Waals surface area contributed by atoms with Gasteiger partial charge in [-0.15, -0.1) is 0 Å². The third-order valence-electron chi connectivity index (χ3n) is 2.83. The van der Waals surface area contributed by atoms with Gasteiger partial charge in [0.15, 0.2) is 0 Å². The number of hydrogen-bond donors (Lipinski definition) is 1. The molecular weight excluding hydrogens is 324 g/mol. The number of aromatic nitrogens is 2. The van der Waals surface area contributed by atoms with Crippen LogP contribution < -0.4 is 0 Å². The van der Waals surface area contributed by atoms with Crippen LogP contribution in [0.25, 0.3) is 0 Å². The van der Waals surface area contributed by atoms with Crippen molar-refractivity contribution < 1.29 is 5.11 Å². The van der Waals surface area contributed by atoms with Gasteiger partial charge in [-0.3, -0.25) is 4.68 Å². The molecule has 1 aromatic rings. The predicted octanol–water partition coefficient (Wildman–Crippen LogP) is 3.66. The Kier molecular flexibility index (Phi) is 6.40. The topological polar surface area (TPSA) is 38.0 Å². The molecule has 1 unspecified atom stereocenters. The highest BCUT2D eigenvalue weighted by Gasteiger charge is 2.19. The first kappa shape index (κ1) is 17.1. The highest BCUT2D eigenvalue weighted by Crippen LogP contribution is 2.27. The minimum absolute atomic E-state index is 0.192. The molecule has 0 spiro atoms. The smallest absolute Gasteiger partial charge is 0.0766 e. The van der Waals surface area contributed by atoms with Gasteiger partial charge in [-0.05, 0) is 29.3 Å². The second kappa shape index (κ2) is 7.14. The second-order valence-electron chi connectivity index (χ2n) is 5.66. The summed E-state index contributed by atoms with van der Waals surface area (Å²) in [6.07, 6.45) is 1.24. The van der Waals surface area contributed by atoms with Gasteiger partial charge in [0.2, 0.25) is 0 Å². The fourth-order valence-corrected chi connectivity index (χ4v) is 3.38. The summed E-state index contributed by atoms with van der Waals surface area (Å²) in [5.74, 6) is 0.756. The molecule has 0 aromatic carbocycles. The van der Waals surface area contributed by atoms with E-state index in [2.05, 4.69) is 55.6 Å². The van der Waals surface area contributed by atoms with Crippen molar-refractivity contribution in [3.8, 4) is 0 Å². The maximum absolute atomic E-state index is 10.2. The van der Waals surface area contributed by atoms with Crippen LogP contribution in [-0.4, -0.2) is 31.5 Å². The summed E-state index contributed by atoms with van der Waals surface area (Å²) in [6.45, 7) is 11.5. The largest absolute Gasteiger partial charge is 0.392 e. The highest BCUT2D eigenvalue weighted by atomic mass is 79.9. The van der Waals surface area contributed by atoms with Crippen LogP contribution in [0.4, 0.5) is 0 Å². The van der Waals surface area contributed by atoms with Crippen LogP contribution in [0.3, 0.4) is 0 Å². The Hall–Kier alpha value is -0.000000000000000111. The molecule has 0 saturated carbocycles. The fourth-order valence-electron chi connectivity index (χ4n) is 1.84. The number of thioether (sulfide) groups is 1. The van der Waals surface area contributed by atoms with Crippen molar-refractivity contribution in [3.63, 3.8) is 0 Å². The summed E-state index contributed by atoms with van der Waals surface area (Å²) in [7, 11) is 0. The van der Waals surface area contributed by atoms with Gasteiger partial charge in [-0.2, -0.15) is 16.9 Å². The van der Waals surface area contributed by atoms with E-state index in [4.69, 9.17) is 0 Å². The van der Waals surface area contributed by atoms with Crippen LogP contribution in [0, 0.1) is 0 Å². The van der Waals surface area contributed by atoms with Gasteiger partial charge in [0.1, 0.15) is 0 Å². The second-order valence-corrected chi connectivity index (χ2v) is 8.30. The first-order chi connectivity index (χ1) is 8.78. The van der Waals surface area contributed by atoms with E-state index >= 15 is 0 Å². The van der Waals surface area contributed by atoms with Crippen molar-refractivity contribution in [2.75, 3.05) is 5.75 Å². The highest BCUT2D eigenvalue weighted by molar-refractivity contribution is 9.10. The lowest BCUT2D eigenvalue weighted by atomic mass is 10.2. The Labute approximate surface area is 129 Å². The third kappa shape index (κ3) is 5.12. The minimum atomic E-state index is -0.327. The summed E-state index contributed by atoms with van der Waals surface area (Å²) < 4.78 is 3.25. The molecule has 0 aliphatic heterocycles. The van der Waals surface area contributed by atoms with E-state index in [9.17, 15) is 5.11 Å². The van der Waals surface area contributed by atoms with Crippen LogP contribution in [0.15, 0.2) is 4.47 Å². The zero-order valence-corrected chi connectivity index (χ0v) is 14.9. The number of halogens is 1. The third-order valence-corrected chi connectivity index (χ3v) is 5.16. The van der Waals surface area contributed by atoms with E-state index in [0.717, 1.165) is 34.6 Å². The van der Waals surface area contributed by atoms with E-state index in [1.54, 1.807) is 11.8 Å². The number of rotatable bonds is 6. The maximum Gasteiger partial charge on any atom is 0.0766 e. The SMILES string of the molecule is CCc1nn(CC)c(CC(O)CSC(C)(C)C)c1Br. The molecule has 1 rings (SSSR count). The molecule has 1 N–H and O–H groups in total. The van der Waals surface area contributed by atoms with E-state index in [1.165, 1.54) is 0 Å². The van der Waals surface area contributed by atoms with E-state index in [1.807, 2.05) is 4.68 Å². The molecule has 0 aliphatic rings. The Bertz CT molecular complexity index is 412. The van der Waals surface area contributed by atoms with E-state index in [0.29, 0.717) is 6.42 Å². The predicted molar refractivity (Wildman–Crippen MR) is 86.9 cm³/mol. The van der Waals surface area contributed by atoms with Crippen LogP contribution in [0.1, 0.15) is 46.0 Å².